The topological polar surface area (TPSA) is 21.3 Å². The van der Waals surface area contributed by atoms with Gasteiger partial charge in [0.2, 0.25) is 0 Å². The average molecular weight is 281 g/mol. The molecule has 0 aromatic heterocycles. The van der Waals surface area contributed by atoms with E-state index in [2.05, 4.69) is 60.8 Å². The molecule has 1 unspecified atom stereocenters. The van der Waals surface area contributed by atoms with Crippen molar-refractivity contribution < 1.29 is 4.74 Å². The third kappa shape index (κ3) is 3.11. The van der Waals surface area contributed by atoms with Crippen LogP contribution >= 0.6 is 0 Å². The molecule has 2 atom stereocenters. The first kappa shape index (κ1) is 14.2. The van der Waals surface area contributed by atoms with E-state index in [9.17, 15) is 0 Å². The number of nitrogens with one attached hydrogen (secondary N) is 1. The smallest absolute Gasteiger partial charge is 0.122 e. The fourth-order valence-corrected chi connectivity index (χ4v) is 3.30. The van der Waals surface area contributed by atoms with Crippen molar-refractivity contribution >= 4 is 0 Å². The molecule has 1 aliphatic rings. The van der Waals surface area contributed by atoms with Crippen molar-refractivity contribution in [2.24, 2.45) is 0 Å². The van der Waals surface area contributed by atoms with E-state index < -0.39 is 0 Å². The summed E-state index contributed by atoms with van der Waals surface area (Å²) in [5.41, 5.74) is 4.18. The first-order chi connectivity index (χ1) is 10.3. The monoisotopic (exact) mass is 281 g/mol. The highest BCUT2D eigenvalue weighted by Crippen LogP contribution is 2.30. The van der Waals surface area contributed by atoms with Crippen LogP contribution in [0.1, 0.15) is 36.1 Å². The molecule has 3 rings (SSSR count). The zero-order valence-electron chi connectivity index (χ0n) is 12.8. The van der Waals surface area contributed by atoms with Gasteiger partial charge in [0.05, 0.1) is 7.11 Å². The number of ether oxygens (including phenoxy) is 1. The van der Waals surface area contributed by atoms with Crippen LogP contribution in [-0.2, 0) is 12.8 Å². The molecule has 0 amide bonds. The van der Waals surface area contributed by atoms with E-state index in [4.69, 9.17) is 4.74 Å². The molecule has 21 heavy (non-hydrogen) atoms. The minimum absolute atomic E-state index is 0.392. The van der Waals surface area contributed by atoms with E-state index in [-0.39, 0.29) is 0 Å². The molecule has 0 spiro atoms. The standard InChI is InChI=1S/C19H23NO/c1-14(15-7-4-3-5-8-15)20-17-11-12-18-16(13-17)9-6-10-19(18)21-2/h3-10,14,17,20H,11-13H2,1-2H3/t14-,17?/m0/s1. The second-order valence-electron chi connectivity index (χ2n) is 5.84. The molecular weight excluding hydrogens is 258 g/mol. The minimum Gasteiger partial charge on any atom is -0.496 e. The molecule has 0 fully saturated rings. The van der Waals surface area contributed by atoms with E-state index in [0.717, 1.165) is 18.6 Å². The Bertz CT molecular complexity index is 594. The van der Waals surface area contributed by atoms with Crippen molar-refractivity contribution in [2.45, 2.75) is 38.3 Å². The van der Waals surface area contributed by atoms with Crippen molar-refractivity contribution in [3.63, 3.8) is 0 Å². The Hall–Kier alpha value is -1.80. The van der Waals surface area contributed by atoms with Crippen LogP contribution in [-0.4, -0.2) is 13.2 Å². The fraction of sp³-hybridized carbons (Fsp3) is 0.368. The van der Waals surface area contributed by atoms with E-state index in [0.29, 0.717) is 12.1 Å². The maximum absolute atomic E-state index is 5.48. The molecule has 2 heteroatoms. The Labute approximate surface area is 127 Å². The first-order valence-corrected chi connectivity index (χ1v) is 7.73. The molecule has 2 aromatic rings. The molecule has 0 heterocycles. The highest BCUT2D eigenvalue weighted by Gasteiger charge is 2.22. The van der Waals surface area contributed by atoms with Gasteiger partial charge >= 0.3 is 0 Å². The SMILES string of the molecule is COc1cccc2c1CCC(N[C@@H](C)c1ccccc1)C2. The van der Waals surface area contributed by atoms with Gasteiger partial charge in [-0.3, -0.25) is 0 Å². The molecule has 0 bridgehead atoms. The van der Waals surface area contributed by atoms with Gasteiger partial charge in [-0.1, -0.05) is 42.5 Å². The summed E-state index contributed by atoms with van der Waals surface area (Å²) in [6.45, 7) is 2.25. The van der Waals surface area contributed by atoms with Gasteiger partial charge in [-0.05, 0) is 48.9 Å². The third-order valence-electron chi connectivity index (χ3n) is 4.44. The average Bonchev–Trinajstić information content (AvgIpc) is 2.54. The molecule has 2 aromatic carbocycles. The molecule has 0 saturated carbocycles. The van der Waals surface area contributed by atoms with Gasteiger partial charge < -0.3 is 10.1 Å². The number of hydrogen-bond acceptors (Lipinski definition) is 2. The van der Waals surface area contributed by atoms with Crippen LogP contribution in [0, 0.1) is 0 Å². The van der Waals surface area contributed by atoms with E-state index in [1.54, 1.807) is 7.11 Å². The van der Waals surface area contributed by atoms with Crippen LogP contribution in [0.2, 0.25) is 0 Å². The summed E-state index contributed by atoms with van der Waals surface area (Å²) in [5, 5.41) is 3.77. The van der Waals surface area contributed by atoms with Gasteiger partial charge in [0.25, 0.3) is 0 Å². The lowest BCUT2D eigenvalue weighted by Crippen LogP contribution is -2.36. The summed E-state index contributed by atoms with van der Waals surface area (Å²) in [5.74, 6) is 1.04. The maximum atomic E-state index is 5.48. The number of rotatable bonds is 4. The summed E-state index contributed by atoms with van der Waals surface area (Å²) in [6.07, 6.45) is 3.35. The number of fused-ring (bicyclic) bond motifs is 1. The lowest BCUT2D eigenvalue weighted by Gasteiger charge is -2.29. The van der Waals surface area contributed by atoms with Gasteiger partial charge in [-0.15, -0.1) is 0 Å². The summed E-state index contributed by atoms with van der Waals surface area (Å²) in [7, 11) is 1.76. The van der Waals surface area contributed by atoms with Crippen LogP contribution in [0.3, 0.4) is 0 Å². The van der Waals surface area contributed by atoms with Crippen molar-refractivity contribution in [3.8, 4) is 5.75 Å². The Kier molecular flexibility index (Phi) is 4.26. The summed E-state index contributed by atoms with van der Waals surface area (Å²) in [4.78, 5) is 0. The maximum Gasteiger partial charge on any atom is 0.122 e. The van der Waals surface area contributed by atoms with Gasteiger partial charge in [-0.2, -0.15) is 0 Å². The van der Waals surface area contributed by atoms with Crippen molar-refractivity contribution in [3.05, 3.63) is 65.2 Å². The number of benzene rings is 2. The predicted molar refractivity (Wildman–Crippen MR) is 86.8 cm³/mol. The van der Waals surface area contributed by atoms with Crippen molar-refractivity contribution in [1.29, 1.82) is 0 Å². The number of hydrogen-bond donors (Lipinski definition) is 1. The van der Waals surface area contributed by atoms with Gasteiger partial charge in [-0.25, -0.2) is 0 Å². The van der Waals surface area contributed by atoms with Crippen LogP contribution in [0.5, 0.6) is 5.75 Å². The molecule has 1 N–H and O–H groups in total. The highest BCUT2D eigenvalue weighted by molar-refractivity contribution is 5.42. The van der Waals surface area contributed by atoms with E-state index in [1.807, 2.05) is 0 Å². The molecule has 110 valence electrons. The molecule has 0 aliphatic heterocycles. The van der Waals surface area contributed by atoms with E-state index in [1.165, 1.54) is 23.1 Å². The van der Waals surface area contributed by atoms with Crippen LogP contribution in [0.15, 0.2) is 48.5 Å². The van der Waals surface area contributed by atoms with Gasteiger partial charge in [0.15, 0.2) is 0 Å². The van der Waals surface area contributed by atoms with Crippen molar-refractivity contribution in [1.82, 2.24) is 5.32 Å². The second-order valence-corrected chi connectivity index (χ2v) is 5.84. The first-order valence-electron chi connectivity index (χ1n) is 7.73. The quantitative estimate of drug-likeness (QED) is 0.917. The summed E-state index contributed by atoms with van der Waals surface area (Å²) in [6, 6.07) is 18.0. The Morgan fingerprint density at radius 3 is 2.67 bits per heavy atom. The molecule has 2 nitrogen and oxygen atoms in total. The molecule has 0 saturated heterocycles. The van der Waals surface area contributed by atoms with Gasteiger partial charge in [0.1, 0.15) is 5.75 Å². The van der Waals surface area contributed by atoms with Crippen LogP contribution in [0.4, 0.5) is 0 Å². The van der Waals surface area contributed by atoms with Crippen LogP contribution in [0.25, 0.3) is 0 Å². The molecule has 1 aliphatic carbocycles. The zero-order valence-corrected chi connectivity index (χ0v) is 12.8. The fourth-order valence-electron chi connectivity index (χ4n) is 3.30. The normalized spacial score (nSPS) is 18.9. The largest absolute Gasteiger partial charge is 0.496 e. The van der Waals surface area contributed by atoms with Gasteiger partial charge in [0, 0.05) is 12.1 Å². The highest BCUT2D eigenvalue weighted by atomic mass is 16.5. The lowest BCUT2D eigenvalue weighted by atomic mass is 9.87. The Morgan fingerprint density at radius 1 is 1.10 bits per heavy atom. The predicted octanol–water partition coefficient (Wildman–Crippen LogP) is 3.90. The minimum atomic E-state index is 0.392. The summed E-state index contributed by atoms with van der Waals surface area (Å²) >= 11 is 0. The van der Waals surface area contributed by atoms with Crippen molar-refractivity contribution in [2.75, 3.05) is 7.11 Å². The number of methoxy groups -OCH3 is 1. The third-order valence-corrected chi connectivity index (χ3v) is 4.44. The second kappa shape index (κ2) is 6.31. The van der Waals surface area contributed by atoms with E-state index >= 15 is 0 Å². The molecule has 0 radical (unpaired) electrons. The molecular formula is C19H23NO. The summed E-state index contributed by atoms with van der Waals surface area (Å²) < 4.78 is 5.48. The Balaban J connectivity index is 1.69. The lowest BCUT2D eigenvalue weighted by molar-refractivity contribution is 0.386. The van der Waals surface area contributed by atoms with Crippen LogP contribution < -0.4 is 10.1 Å². The Morgan fingerprint density at radius 2 is 1.90 bits per heavy atom. The zero-order chi connectivity index (χ0) is 14.7.